The third-order valence-corrected chi connectivity index (χ3v) is 5.55. The molecule has 1 aromatic rings. The summed E-state index contributed by atoms with van der Waals surface area (Å²) in [6.45, 7) is 4.85. The molecule has 0 atom stereocenters. The maximum atomic E-state index is 12.6. The van der Waals surface area contributed by atoms with Crippen LogP contribution >= 0.6 is 15.9 Å². The number of hydrogen-bond acceptors (Lipinski definition) is 2. The molecule has 1 aromatic carbocycles. The number of hydrogen-bond donors (Lipinski definition) is 0. The van der Waals surface area contributed by atoms with Gasteiger partial charge in [0, 0.05) is 17.6 Å². The summed E-state index contributed by atoms with van der Waals surface area (Å²) in [4.78, 5) is 0.395. The lowest BCUT2D eigenvalue weighted by Gasteiger charge is -2.26. The zero-order valence-corrected chi connectivity index (χ0v) is 12.9. The van der Waals surface area contributed by atoms with Crippen molar-refractivity contribution in [2.45, 2.75) is 25.2 Å². The van der Waals surface area contributed by atoms with Crippen molar-refractivity contribution in [3.05, 3.63) is 39.9 Å². The molecule has 1 aliphatic rings. The highest BCUT2D eigenvalue weighted by atomic mass is 79.9. The van der Waals surface area contributed by atoms with Gasteiger partial charge in [0.05, 0.1) is 4.90 Å². The van der Waals surface area contributed by atoms with Crippen LogP contribution < -0.4 is 0 Å². The van der Waals surface area contributed by atoms with Gasteiger partial charge in [0.2, 0.25) is 10.0 Å². The minimum atomic E-state index is -3.39. The molecule has 0 radical (unpaired) electrons. The molecule has 0 amide bonds. The Balaban J connectivity index is 2.42. The van der Waals surface area contributed by atoms with Crippen LogP contribution in [0.3, 0.4) is 0 Å². The lowest BCUT2D eigenvalue weighted by Crippen LogP contribution is -2.35. The summed E-state index contributed by atoms with van der Waals surface area (Å²) in [5.74, 6) is 0. The molecule has 2 rings (SSSR count). The zero-order valence-electron chi connectivity index (χ0n) is 10.5. The Kier molecular flexibility index (Phi) is 3.94. The first kappa shape index (κ1) is 13.8. The monoisotopic (exact) mass is 329 g/mol. The summed E-state index contributed by atoms with van der Waals surface area (Å²) in [5.41, 5.74) is 1.89. The van der Waals surface area contributed by atoms with Crippen molar-refractivity contribution in [3.63, 3.8) is 0 Å². The fraction of sp³-hybridized carbons (Fsp3) is 0.385. The van der Waals surface area contributed by atoms with Crippen molar-refractivity contribution < 1.29 is 8.42 Å². The molecule has 98 valence electrons. The normalized spacial score (nSPS) is 17.6. The summed E-state index contributed by atoms with van der Waals surface area (Å²) in [5, 5.41) is 0. The quantitative estimate of drug-likeness (QED) is 0.782. The fourth-order valence-electron chi connectivity index (χ4n) is 2.07. The van der Waals surface area contributed by atoms with Gasteiger partial charge in [-0.05, 0) is 38.0 Å². The van der Waals surface area contributed by atoms with Crippen molar-refractivity contribution >= 4 is 26.0 Å². The molecule has 18 heavy (non-hydrogen) atoms. The molecule has 5 heteroatoms. The van der Waals surface area contributed by atoms with E-state index in [1.165, 1.54) is 0 Å². The Hall–Kier alpha value is -0.650. The molecule has 1 aliphatic heterocycles. The molecule has 0 saturated carbocycles. The summed E-state index contributed by atoms with van der Waals surface area (Å²) < 4.78 is 27.5. The summed E-state index contributed by atoms with van der Waals surface area (Å²) >= 11 is 3.33. The van der Waals surface area contributed by atoms with Gasteiger partial charge in [-0.25, -0.2) is 8.42 Å². The van der Waals surface area contributed by atoms with E-state index in [1.54, 1.807) is 10.4 Å². The van der Waals surface area contributed by atoms with Gasteiger partial charge in [0.1, 0.15) is 0 Å². The number of aryl methyl sites for hydroxylation is 1. The van der Waals surface area contributed by atoms with Crippen LogP contribution in [0.15, 0.2) is 39.2 Å². The molecule has 0 saturated heterocycles. The van der Waals surface area contributed by atoms with Crippen LogP contribution in [0.4, 0.5) is 0 Å². The number of sulfonamides is 1. The molecule has 0 unspecified atom stereocenters. The second-order valence-electron chi connectivity index (χ2n) is 4.59. The Morgan fingerprint density at radius 2 is 2.00 bits per heavy atom. The smallest absolute Gasteiger partial charge is 0.207 e. The molecule has 0 aliphatic carbocycles. The predicted octanol–water partition coefficient (Wildman–Crippen LogP) is 3.10. The highest BCUT2D eigenvalue weighted by Gasteiger charge is 2.27. The summed E-state index contributed by atoms with van der Waals surface area (Å²) in [7, 11) is -3.39. The Bertz CT molecular complexity index is 593. The van der Waals surface area contributed by atoms with Crippen LogP contribution in [0.5, 0.6) is 0 Å². The molecule has 0 aromatic heterocycles. The molecule has 0 spiro atoms. The summed E-state index contributed by atoms with van der Waals surface area (Å²) in [6, 6.07) is 5.36. The van der Waals surface area contributed by atoms with Gasteiger partial charge in [0.25, 0.3) is 0 Å². The van der Waals surface area contributed by atoms with Gasteiger partial charge >= 0.3 is 0 Å². The topological polar surface area (TPSA) is 37.4 Å². The lowest BCUT2D eigenvalue weighted by atomic mass is 10.2. The first-order valence-electron chi connectivity index (χ1n) is 5.83. The van der Waals surface area contributed by atoms with Gasteiger partial charge < -0.3 is 0 Å². The van der Waals surface area contributed by atoms with E-state index < -0.39 is 10.0 Å². The van der Waals surface area contributed by atoms with Crippen LogP contribution in [-0.2, 0) is 10.0 Å². The van der Waals surface area contributed by atoms with Crippen molar-refractivity contribution in [1.82, 2.24) is 4.31 Å². The first-order chi connectivity index (χ1) is 8.41. The van der Waals surface area contributed by atoms with Crippen LogP contribution in [0.2, 0.25) is 0 Å². The van der Waals surface area contributed by atoms with E-state index in [9.17, 15) is 8.42 Å². The van der Waals surface area contributed by atoms with E-state index in [2.05, 4.69) is 22.0 Å². The second kappa shape index (κ2) is 5.15. The van der Waals surface area contributed by atoms with Crippen LogP contribution in [0.1, 0.15) is 18.9 Å². The molecule has 0 N–H and O–H groups in total. The largest absolute Gasteiger partial charge is 0.243 e. The molecule has 3 nitrogen and oxygen atoms in total. The second-order valence-corrected chi connectivity index (χ2v) is 7.41. The van der Waals surface area contributed by atoms with Gasteiger partial charge in [-0.2, -0.15) is 4.31 Å². The molecule has 0 bridgehead atoms. The Labute approximate surface area is 117 Å². The number of rotatable bonds is 2. The van der Waals surface area contributed by atoms with E-state index in [4.69, 9.17) is 0 Å². The third kappa shape index (κ3) is 2.68. The Morgan fingerprint density at radius 3 is 2.67 bits per heavy atom. The number of benzene rings is 1. The predicted molar refractivity (Wildman–Crippen MR) is 76.0 cm³/mol. The van der Waals surface area contributed by atoms with E-state index >= 15 is 0 Å². The van der Waals surface area contributed by atoms with Crippen LogP contribution in [-0.4, -0.2) is 25.8 Å². The van der Waals surface area contributed by atoms with E-state index in [-0.39, 0.29) is 0 Å². The number of halogens is 1. The third-order valence-electron chi connectivity index (χ3n) is 3.07. The zero-order chi connectivity index (χ0) is 13.3. The molecule has 1 heterocycles. The van der Waals surface area contributed by atoms with Crippen LogP contribution in [0, 0.1) is 6.92 Å². The van der Waals surface area contributed by atoms with Gasteiger partial charge in [0.15, 0.2) is 0 Å². The van der Waals surface area contributed by atoms with Crippen LogP contribution in [0.25, 0.3) is 0 Å². The highest BCUT2D eigenvalue weighted by Crippen LogP contribution is 2.25. The van der Waals surface area contributed by atoms with E-state index in [1.807, 2.05) is 26.0 Å². The Morgan fingerprint density at radius 1 is 1.28 bits per heavy atom. The first-order valence-corrected chi connectivity index (χ1v) is 8.06. The van der Waals surface area contributed by atoms with Gasteiger partial charge in [-0.1, -0.05) is 33.6 Å². The molecular weight excluding hydrogens is 314 g/mol. The van der Waals surface area contributed by atoms with E-state index in [0.29, 0.717) is 18.0 Å². The standard InChI is InChI=1S/C13H16BrNO2S/c1-10-4-3-7-15(9-10)18(16,17)13-8-12(14)6-5-11(13)2/h4-6,8H,3,7,9H2,1-2H3. The maximum Gasteiger partial charge on any atom is 0.243 e. The minimum absolute atomic E-state index is 0.395. The van der Waals surface area contributed by atoms with Crippen molar-refractivity contribution in [3.8, 4) is 0 Å². The fourth-order valence-corrected chi connectivity index (χ4v) is 4.33. The number of nitrogens with zero attached hydrogens (tertiary/aromatic N) is 1. The SMILES string of the molecule is CC1=CCCN(S(=O)(=O)c2cc(Br)ccc2C)C1. The molecular formula is C13H16BrNO2S. The van der Waals surface area contributed by atoms with Crippen molar-refractivity contribution in [1.29, 1.82) is 0 Å². The average molecular weight is 330 g/mol. The highest BCUT2D eigenvalue weighted by molar-refractivity contribution is 9.10. The minimum Gasteiger partial charge on any atom is -0.207 e. The molecule has 0 fully saturated rings. The van der Waals surface area contributed by atoms with E-state index in [0.717, 1.165) is 22.0 Å². The van der Waals surface area contributed by atoms with Gasteiger partial charge in [-0.15, -0.1) is 0 Å². The van der Waals surface area contributed by atoms with Crippen molar-refractivity contribution in [2.24, 2.45) is 0 Å². The van der Waals surface area contributed by atoms with Crippen molar-refractivity contribution in [2.75, 3.05) is 13.1 Å². The lowest BCUT2D eigenvalue weighted by molar-refractivity contribution is 0.427. The maximum absolute atomic E-state index is 12.6. The average Bonchev–Trinajstić information content (AvgIpc) is 2.32. The summed E-state index contributed by atoms with van der Waals surface area (Å²) in [6.07, 6.45) is 2.89. The van der Waals surface area contributed by atoms with Gasteiger partial charge in [-0.3, -0.25) is 0 Å².